The van der Waals surface area contributed by atoms with Gasteiger partial charge >= 0.3 is 5.97 Å². The van der Waals surface area contributed by atoms with Gasteiger partial charge in [-0.1, -0.05) is 0 Å². The van der Waals surface area contributed by atoms with Gasteiger partial charge in [-0.15, -0.1) is 0 Å². The van der Waals surface area contributed by atoms with Crippen LogP contribution in [0.3, 0.4) is 0 Å². The summed E-state index contributed by atoms with van der Waals surface area (Å²) in [6, 6.07) is -0.768. The topological polar surface area (TPSA) is 69.6 Å². The van der Waals surface area contributed by atoms with Gasteiger partial charge in [0.1, 0.15) is 6.04 Å². The number of nitrogens with one attached hydrogen (secondary N) is 1. The maximum atomic E-state index is 10.8. The van der Waals surface area contributed by atoms with Crippen molar-refractivity contribution in [2.24, 2.45) is 0 Å². The molecule has 1 aliphatic heterocycles. The lowest BCUT2D eigenvalue weighted by molar-refractivity contribution is -0.140. The Balaban J connectivity index is 2.13. The molecular formula is C11H20N2O3S. The number of carboxylic acid groups (broad SMARTS) is 1. The summed E-state index contributed by atoms with van der Waals surface area (Å²) in [4.78, 5) is 24.0. The monoisotopic (exact) mass is 260 g/mol. The molecule has 1 rings (SSSR count). The zero-order valence-corrected chi connectivity index (χ0v) is 11.0. The number of thioether (sulfide) groups is 1. The van der Waals surface area contributed by atoms with Crippen LogP contribution in [0.4, 0.5) is 0 Å². The number of nitrogens with zero attached hydrogens (tertiary/aromatic N) is 1. The number of carbonyl (C=O) groups is 2. The first-order valence-corrected chi connectivity index (χ1v) is 7.05. The van der Waals surface area contributed by atoms with E-state index in [1.54, 1.807) is 11.8 Å². The molecule has 1 unspecified atom stereocenters. The molecule has 17 heavy (non-hydrogen) atoms. The van der Waals surface area contributed by atoms with E-state index in [0.29, 0.717) is 5.75 Å². The van der Waals surface area contributed by atoms with Gasteiger partial charge in [-0.05, 0) is 25.9 Å². The molecule has 1 atom stereocenters. The molecular weight excluding hydrogens is 240 g/mol. The highest BCUT2D eigenvalue weighted by Crippen LogP contribution is 2.10. The minimum atomic E-state index is -0.964. The fourth-order valence-electron chi connectivity index (χ4n) is 1.82. The van der Waals surface area contributed by atoms with E-state index in [1.807, 2.05) is 0 Å². The van der Waals surface area contributed by atoms with Gasteiger partial charge in [0, 0.05) is 25.0 Å². The summed E-state index contributed by atoms with van der Waals surface area (Å²) < 4.78 is 0. The number of hydrogen-bond acceptors (Lipinski definition) is 4. The van der Waals surface area contributed by atoms with Gasteiger partial charge in [-0.3, -0.25) is 4.79 Å². The molecule has 2 N–H and O–H groups in total. The molecule has 0 radical (unpaired) electrons. The van der Waals surface area contributed by atoms with E-state index in [9.17, 15) is 9.59 Å². The number of hydrogen-bond donors (Lipinski definition) is 2. The third-order valence-corrected chi connectivity index (χ3v) is 3.75. The molecule has 1 saturated heterocycles. The van der Waals surface area contributed by atoms with Crippen molar-refractivity contribution in [3.63, 3.8) is 0 Å². The largest absolute Gasteiger partial charge is 0.480 e. The Morgan fingerprint density at radius 2 is 2.06 bits per heavy atom. The smallest absolute Gasteiger partial charge is 0.327 e. The van der Waals surface area contributed by atoms with Gasteiger partial charge in [0.2, 0.25) is 5.91 Å². The third kappa shape index (κ3) is 5.93. The number of carboxylic acids is 1. The number of rotatable bonds is 7. The van der Waals surface area contributed by atoms with Crippen molar-refractivity contribution >= 4 is 23.6 Å². The molecule has 6 heteroatoms. The standard InChI is InChI=1S/C11H20N2O3S/c1-9(14)12-10(11(15)16)8-17-7-6-13-4-2-3-5-13/h10H,2-8H2,1H3,(H,12,14)(H,15,16). The predicted molar refractivity (Wildman–Crippen MR) is 68.2 cm³/mol. The van der Waals surface area contributed by atoms with Crippen LogP contribution in [0.15, 0.2) is 0 Å². The van der Waals surface area contributed by atoms with E-state index in [4.69, 9.17) is 5.11 Å². The first-order chi connectivity index (χ1) is 8.09. The fraction of sp³-hybridized carbons (Fsp3) is 0.818. The summed E-state index contributed by atoms with van der Waals surface area (Å²) in [5.41, 5.74) is 0. The Kier molecular flexibility index (Phi) is 6.36. The maximum absolute atomic E-state index is 10.8. The molecule has 0 aromatic carbocycles. The van der Waals surface area contributed by atoms with E-state index in [1.165, 1.54) is 19.8 Å². The van der Waals surface area contributed by atoms with Gasteiger partial charge in [0.05, 0.1) is 0 Å². The number of likely N-dealkylation sites (tertiary alicyclic amines) is 1. The Hall–Kier alpha value is -0.750. The lowest BCUT2D eigenvalue weighted by Gasteiger charge is -2.16. The second-order valence-corrected chi connectivity index (χ2v) is 5.36. The van der Waals surface area contributed by atoms with Gasteiger partial charge in [-0.2, -0.15) is 11.8 Å². The zero-order valence-electron chi connectivity index (χ0n) is 10.1. The zero-order chi connectivity index (χ0) is 12.7. The van der Waals surface area contributed by atoms with Crippen molar-refractivity contribution in [1.29, 1.82) is 0 Å². The summed E-state index contributed by atoms with van der Waals surface area (Å²) in [7, 11) is 0. The summed E-state index contributed by atoms with van der Waals surface area (Å²) in [5, 5.41) is 11.3. The molecule has 1 fully saturated rings. The number of amides is 1. The molecule has 0 saturated carbocycles. The average Bonchev–Trinajstić information content (AvgIpc) is 2.74. The highest BCUT2D eigenvalue weighted by atomic mass is 32.2. The van der Waals surface area contributed by atoms with Gasteiger partial charge < -0.3 is 15.3 Å². The first-order valence-electron chi connectivity index (χ1n) is 5.89. The summed E-state index contributed by atoms with van der Waals surface area (Å²) in [6.07, 6.45) is 2.54. The molecule has 1 heterocycles. The van der Waals surface area contributed by atoms with Crippen LogP contribution in [0.25, 0.3) is 0 Å². The van der Waals surface area contributed by atoms with Crippen LogP contribution in [0.1, 0.15) is 19.8 Å². The predicted octanol–water partition coefficient (Wildman–Crippen LogP) is 0.405. The Bertz CT molecular complexity index is 267. The van der Waals surface area contributed by atoms with Crippen molar-refractivity contribution in [3.05, 3.63) is 0 Å². The second kappa shape index (κ2) is 7.55. The summed E-state index contributed by atoms with van der Waals surface area (Å²) >= 11 is 1.58. The average molecular weight is 260 g/mol. The maximum Gasteiger partial charge on any atom is 0.327 e. The Morgan fingerprint density at radius 3 is 2.59 bits per heavy atom. The van der Waals surface area contributed by atoms with E-state index < -0.39 is 12.0 Å². The van der Waals surface area contributed by atoms with Gasteiger partial charge in [0.25, 0.3) is 0 Å². The Labute approximate surface area is 106 Å². The van der Waals surface area contributed by atoms with Crippen molar-refractivity contribution in [2.45, 2.75) is 25.8 Å². The SMILES string of the molecule is CC(=O)NC(CSCCN1CCCC1)C(=O)O. The van der Waals surface area contributed by atoms with E-state index in [-0.39, 0.29) is 5.91 Å². The van der Waals surface area contributed by atoms with Crippen LogP contribution in [-0.4, -0.2) is 59.1 Å². The van der Waals surface area contributed by atoms with Crippen molar-refractivity contribution in [2.75, 3.05) is 31.1 Å². The second-order valence-electron chi connectivity index (χ2n) is 4.22. The van der Waals surface area contributed by atoms with E-state index >= 15 is 0 Å². The Morgan fingerprint density at radius 1 is 1.41 bits per heavy atom. The molecule has 0 spiro atoms. The lowest BCUT2D eigenvalue weighted by Crippen LogP contribution is -2.41. The van der Waals surface area contributed by atoms with Crippen molar-refractivity contribution in [1.82, 2.24) is 10.2 Å². The van der Waals surface area contributed by atoms with Crippen LogP contribution in [0, 0.1) is 0 Å². The molecule has 98 valence electrons. The highest BCUT2D eigenvalue weighted by Gasteiger charge is 2.18. The van der Waals surface area contributed by atoms with E-state index in [2.05, 4.69) is 10.2 Å². The lowest BCUT2D eigenvalue weighted by atomic mass is 10.3. The van der Waals surface area contributed by atoms with Crippen LogP contribution >= 0.6 is 11.8 Å². The fourth-order valence-corrected chi connectivity index (χ4v) is 2.84. The molecule has 1 aliphatic rings. The molecule has 0 aliphatic carbocycles. The first kappa shape index (κ1) is 14.3. The highest BCUT2D eigenvalue weighted by molar-refractivity contribution is 7.99. The van der Waals surface area contributed by atoms with Crippen LogP contribution in [0.2, 0.25) is 0 Å². The molecule has 0 aromatic heterocycles. The summed E-state index contributed by atoms with van der Waals surface area (Å²) in [5.74, 6) is 0.0953. The molecule has 5 nitrogen and oxygen atoms in total. The van der Waals surface area contributed by atoms with Gasteiger partial charge in [-0.25, -0.2) is 4.79 Å². The molecule has 0 aromatic rings. The van der Waals surface area contributed by atoms with E-state index in [0.717, 1.165) is 25.4 Å². The quantitative estimate of drug-likeness (QED) is 0.649. The normalized spacial score (nSPS) is 17.9. The number of carbonyl (C=O) groups excluding carboxylic acids is 1. The van der Waals surface area contributed by atoms with Crippen molar-refractivity contribution in [3.8, 4) is 0 Å². The number of aliphatic carboxylic acids is 1. The minimum absolute atomic E-state index is 0.294. The van der Waals surface area contributed by atoms with Crippen LogP contribution < -0.4 is 5.32 Å². The summed E-state index contributed by atoms with van der Waals surface area (Å²) in [6.45, 7) is 4.67. The minimum Gasteiger partial charge on any atom is -0.480 e. The van der Waals surface area contributed by atoms with Crippen LogP contribution in [-0.2, 0) is 9.59 Å². The molecule has 1 amide bonds. The van der Waals surface area contributed by atoms with Crippen molar-refractivity contribution < 1.29 is 14.7 Å². The van der Waals surface area contributed by atoms with Gasteiger partial charge in [0.15, 0.2) is 0 Å². The molecule has 0 bridgehead atoms. The van der Waals surface area contributed by atoms with Crippen LogP contribution in [0.5, 0.6) is 0 Å². The third-order valence-electron chi connectivity index (χ3n) is 2.71.